The molecular weight excluding hydrogens is 300 g/mol. The SMILES string of the molecule is CCn1ccc(=O)nc1SCc1cc(C(C)=O)ccc1OC. The number of hydrogen-bond acceptors (Lipinski definition) is 5. The van der Waals surface area contributed by atoms with Crippen LogP contribution < -0.4 is 10.3 Å². The first-order valence-corrected chi connectivity index (χ1v) is 7.91. The zero-order chi connectivity index (χ0) is 16.1. The van der Waals surface area contributed by atoms with Crippen LogP contribution in [0, 0.1) is 0 Å². The Balaban J connectivity index is 2.27. The lowest BCUT2D eigenvalue weighted by molar-refractivity contribution is 0.101. The van der Waals surface area contributed by atoms with Gasteiger partial charge in [0, 0.05) is 35.7 Å². The van der Waals surface area contributed by atoms with E-state index in [1.807, 2.05) is 17.6 Å². The largest absolute Gasteiger partial charge is 0.496 e. The molecule has 0 radical (unpaired) electrons. The summed E-state index contributed by atoms with van der Waals surface area (Å²) in [6, 6.07) is 6.81. The van der Waals surface area contributed by atoms with Crippen LogP contribution in [0.4, 0.5) is 0 Å². The van der Waals surface area contributed by atoms with E-state index in [0.29, 0.717) is 16.5 Å². The Kier molecular flexibility index (Phi) is 5.38. The monoisotopic (exact) mass is 318 g/mol. The molecule has 6 heteroatoms. The quantitative estimate of drug-likeness (QED) is 0.465. The van der Waals surface area contributed by atoms with Gasteiger partial charge in [-0.25, -0.2) is 0 Å². The van der Waals surface area contributed by atoms with Crippen molar-refractivity contribution in [2.24, 2.45) is 0 Å². The normalized spacial score (nSPS) is 10.5. The smallest absolute Gasteiger partial charge is 0.273 e. The van der Waals surface area contributed by atoms with Gasteiger partial charge < -0.3 is 9.30 Å². The number of ether oxygens (including phenoxy) is 1. The number of thioether (sulfide) groups is 1. The number of Topliss-reactive ketones (excluding diaryl/α,β-unsaturated/α-hetero) is 1. The van der Waals surface area contributed by atoms with Crippen LogP contribution in [0.5, 0.6) is 5.75 Å². The summed E-state index contributed by atoms with van der Waals surface area (Å²) >= 11 is 1.45. The molecule has 2 rings (SSSR count). The van der Waals surface area contributed by atoms with Gasteiger partial charge in [0.2, 0.25) is 0 Å². The summed E-state index contributed by atoms with van der Waals surface area (Å²) in [5.74, 6) is 1.30. The highest BCUT2D eigenvalue weighted by molar-refractivity contribution is 7.98. The summed E-state index contributed by atoms with van der Waals surface area (Å²) in [5.41, 5.74) is 1.29. The maximum absolute atomic E-state index is 11.5. The lowest BCUT2D eigenvalue weighted by Crippen LogP contribution is -2.12. The van der Waals surface area contributed by atoms with Gasteiger partial charge in [-0.2, -0.15) is 4.98 Å². The number of carbonyl (C=O) groups is 1. The first-order valence-electron chi connectivity index (χ1n) is 6.93. The first-order chi connectivity index (χ1) is 10.5. The zero-order valence-electron chi connectivity index (χ0n) is 12.8. The van der Waals surface area contributed by atoms with Crippen LogP contribution in [0.25, 0.3) is 0 Å². The standard InChI is InChI=1S/C16H18N2O3S/c1-4-18-8-7-15(20)17-16(18)22-10-13-9-12(11(2)19)5-6-14(13)21-3/h5-9H,4,10H2,1-3H3. The van der Waals surface area contributed by atoms with Gasteiger partial charge in [0.25, 0.3) is 5.56 Å². The summed E-state index contributed by atoms with van der Waals surface area (Å²) in [5, 5.41) is 0.658. The van der Waals surface area contributed by atoms with Crippen molar-refractivity contribution in [1.29, 1.82) is 0 Å². The molecule has 0 unspecified atom stereocenters. The number of benzene rings is 1. The highest BCUT2D eigenvalue weighted by Gasteiger charge is 2.10. The van der Waals surface area contributed by atoms with Crippen molar-refractivity contribution < 1.29 is 9.53 Å². The molecule has 0 aliphatic heterocycles. The van der Waals surface area contributed by atoms with Crippen LogP contribution >= 0.6 is 11.8 Å². The van der Waals surface area contributed by atoms with E-state index in [-0.39, 0.29) is 11.3 Å². The average molecular weight is 318 g/mol. The number of methoxy groups -OCH3 is 1. The Morgan fingerprint density at radius 3 is 2.77 bits per heavy atom. The van der Waals surface area contributed by atoms with Gasteiger partial charge in [-0.15, -0.1) is 0 Å². The lowest BCUT2D eigenvalue weighted by Gasteiger charge is -2.12. The Bertz CT molecular complexity index is 740. The van der Waals surface area contributed by atoms with E-state index in [4.69, 9.17) is 4.74 Å². The van der Waals surface area contributed by atoms with E-state index in [1.165, 1.54) is 24.8 Å². The van der Waals surface area contributed by atoms with Gasteiger partial charge in [0.15, 0.2) is 10.9 Å². The van der Waals surface area contributed by atoms with Crippen molar-refractivity contribution in [1.82, 2.24) is 9.55 Å². The molecule has 0 saturated heterocycles. The highest BCUT2D eigenvalue weighted by atomic mass is 32.2. The van der Waals surface area contributed by atoms with Crippen LogP contribution in [0.15, 0.2) is 40.4 Å². The van der Waals surface area contributed by atoms with E-state index in [1.54, 1.807) is 25.4 Å². The number of nitrogens with zero attached hydrogens (tertiary/aromatic N) is 2. The predicted molar refractivity (Wildman–Crippen MR) is 86.7 cm³/mol. The Labute approximate surface area is 133 Å². The summed E-state index contributed by atoms with van der Waals surface area (Å²) in [4.78, 5) is 27.0. The molecule has 0 N–H and O–H groups in total. The molecule has 0 bridgehead atoms. The number of ketones is 1. The minimum Gasteiger partial charge on any atom is -0.496 e. The van der Waals surface area contributed by atoms with Crippen LogP contribution in [0.1, 0.15) is 29.8 Å². The summed E-state index contributed by atoms with van der Waals surface area (Å²) < 4.78 is 7.25. The molecule has 1 aromatic carbocycles. The third kappa shape index (κ3) is 3.76. The zero-order valence-corrected chi connectivity index (χ0v) is 13.6. The molecule has 1 aromatic heterocycles. The second-order valence-corrected chi connectivity index (χ2v) is 5.65. The van der Waals surface area contributed by atoms with Gasteiger partial charge >= 0.3 is 0 Å². The van der Waals surface area contributed by atoms with E-state index in [2.05, 4.69) is 4.98 Å². The fraction of sp³-hybridized carbons (Fsp3) is 0.312. The average Bonchev–Trinajstić information content (AvgIpc) is 2.52. The molecule has 5 nitrogen and oxygen atoms in total. The number of carbonyl (C=O) groups excluding carboxylic acids is 1. The summed E-state index contributed by atoms with van der Waals surface area (Å²) in [6.07, 6.45) is 1.74. The number of rotatable bonds is 6. The molecule has 0 amide bonds. The summed E-state index contributed by atoms with van der Waals surface area (Å²) in [6.45, 7) is 4.26. The third-order valence-corrected chi connectivity index (χ3v) is 4.27. The topological polar surface area (TPSA) is 61.2 Å². The van der Waals surface area contributed by atoms with Gasteiger partial charge in [-0.1, -0.05) is 11.8 Å². The van der Waals surface area contributed by atoms with E-state index >= 15 is 0 Å². The molecule has 116 valence electrons. The molecule has 0 fully saturated rings. The van der Waals surface area contributed by atoms with E-state index < -0.39 is 0 Å². The molecule has 0 aliphatic carbocycles. The van der Waals surface area contributed by atoms with E-state index in [0.717, 1.165) is 17.9 Å². The van der Waals surface area contributed by atoms with Crippen LogP contribution in [-0.4, -0.2) is 22.4 Å². The fourth-order valence-corrected chi connectivity index (χ4v) is 3.04. The molecule has 0 atom stereocenters. The first kappa shape index (κ1) is 16.3. The predicted octanol–water partition coefficient (Wildman–Crippen LogP) is 2.77. The summed E-state index contributed by atoms with van der Waals surface area (Å²) in [7, 11) is 1.60. The van der Waals surface area contributed by atoms with Crippen molar-refractivity contribution in [2.45, 2.75) is 31.3 Å². The third-order valence-electron chi connectivity index (χ3n) is 3.23. The number of aromatic nitrogens is 2. The maximum atomic E-state index is 11.5. The van der Waals surface area contributed by atoms with Crippen LogP contribution in [-0.2, 0) is 12.3 Å². The molecule has 1 heterocycles. The van der Waals surface area contributed by atoms with Gasteiger partial charge in [0.05, 0.1) is 7.11 Å². The van der Waals surface area contributed by atoms with Crippen molar-refractivity contribution in [2.75, 3.05) is 7.11 Å². The molecule has 2 aromatic rings. The minimum atomic E-state index is -0.253. The van der Waals surface area contributed by atoms with Crippen molar-refractivity contribution >= 4 is 17.5 Å². The Hall–Kier alpha value is -2.08. The molecular formula is C16H18N2O3S. The van der Waals surface area contributed by atoms with Gasteiger partial charge in [0.1, 0.15) is 5.75 Å². The highest BCUT2D eigenvalue weighted by Crippen LogP contribution is 2.27. The van der Waals surface area contributed by atoms with Crippen LogP contribution in [0.2, 0.25) is 0 Å². The van der Waals surface area contributed by atoms with Crippen LogP contribution in [0.3, 0.4) is 0 Å². The maximum Gasteiger partial charge on any atom is 0.273 e. The minimum absolute atomic E-state index is 0.0113. The molecule has 0 spiro atoms. The van der Waals surface area contributed by atoms with Crippen molar-refractivity contribution in [3.8, 4) is 5.75 Å². The molecule has 22 heavy (non-hydrogen) atoms. The Morgan fingerprint density at radius 2 is 2.14 bits per heavy atom. The Morgan fingerprint density at radius 1 is 1.36 bits per heavy atom. The van der Waals surface area contributed by atoms with Gasteiger partial charge in [-0.05, 0) is 32.0 Å². The van der Waals surface area contributed by atoms with Gasteiger partial charge in [-0.3, -0.25) is 9.59 Å². The molecule has 0 saturated carbocycles. The fourth-order valence-electron chi connectivity index (χ4n) is 2.02. The van der Waals surface area contributed by atoms with Crippen molar-refractivity contribution in [3.63, 3.8) is 0 Å². The molecule has 0 aliphatic rings. The second-order valence-electron chi connectivity index (χ2n) is 4.71. The van der Waals surface area contributed by atoms with E-state index in [9.17, 15) is 9.59 Å². The lowest BCUT2D eigenvalue weighted by atomic mass is 10.1. The number of aryl methyl sites for hydroxylation is 1. The van der Waals surface area contributed by atoms with Crippen molar-refractivity contribution in [3.05, 3.63) is 51.9 Å². The number of hydrogen-bond donors (Lipinski definition) is 0. The second kappa shape index (κ2) is 7.26.